The zero-order valence-electron chi connectivity index (χ0n) is 12.1. The molecule has 0 heterocycles. The van der Waals surface area contributed by atoms with E-state index in [0.29, 0.717) is 5.56 Å². The fourth-order valence-corrected chi connectivity index (χ4v) is 2.74. The van der Waals surface area contributed by atoms with Gasteiger partial charge in [0, 0.05) is 0 Å². The summed E-state index contributed by atoms with van der Waals surface area (Å²) < 4.78 is 5.74. The van der Waals surface area contributed by atoms with E-state index in [1.165, 1.54) is 11.1 Å². The lowest BCUT2D eigenvalue weighted by molar-refractivity contribution is 0.0697. The number of hydrogen-bond acceptors (Lipinski definition) is 2. The van der Waals surface area contributed by atoms with E-state index in [4.69, 9.17) is 9.84 Å². The van der Waals surface area contributed by atoms with E-state index in [1.54, 1.807) is 12.1 Å². The Hall–Kier alpha value is -2.29. The normalized spacial score (nSPS) is 11.9. The van der Waals surface area contributed by atoms with Crippen LogP contribution in [0.15, 0.2) is 36.4 Å². The second-order valence-corrected chi connectivity index (χ2v) is 5.37. The van der Waals surface area contributed by atoms with Gasteiger partial charge in [0.05, 0.1) is 12.2 Å². The Morgan fingerprint density at radius 1 is 1.14 bits per heavy atom. The minimum absolute atomic E-state index is 0.348. The Labute approximate surface area is 124 Å². The highest BCUT2D eigenvalue weighted by atomic mass is 16.5. The van der Waals surface area contributed by atoms with Crippen molar-refractivity contribution in [1.29, 1.82) is 0 Å². The number of ether oxygens (including phenoxy) is 1. The Kier molecular flexibility index (Phi) is 3.65. The predicted molar refractivity (Wildman–Crippen MR) is 82.0 cm³/mol. The molecule has 1 aliphatic carbocycles. The first-order valence-electron chi connectivity index (χ1n) is 7.31. The fraction of sp³-hybridized carbons (Fsp3) is 0.278. The van der Waals surface area contributed by atoms with E-state index in [9.17, 15) is 4.79 Å². The van der Waals surface area contributed by atoms with Gasteiger partial charge in [-0.15, -0.1) is 0 Å². The van der Waals surface area contributed by atoms with Gasteiger partial charge in [-0.05, 0) is 59.4 Å². The van der Waals surface area contributed by atoms with Crippen LogP contribution in [0.1, 0.15) is 41.3 Å². The van der Waals surface area contributed by atoms with Crippen molar-refractivity contribution in [2.24, 2.45) is 0 Å². The van der Waals surface area contributed by atoms with Gasteiger partial charge < -0.3 is 9.84 Å². The SMILES string of the molecule is CCCCOc1ccc2c(c1)Cc1cc(C(=O)O)ccc1-2. The van der Waals surface area contributed by atoms with Crippen molar-refractivity contribution < 1.29 is 14.6 Å². The molecule has 108 valence electrons. The quantitative estimate of drug-likeness (QED) is 0.715. The van der Waals surface area contributed by atoms with Gasteiger partial charge in [0.25, 0.3) is 0 Å². The van der Waals surface area contributed by atoms with Crippen molar-refractivity contribution in [1.82, 2.24) is 0 Å². The molecule has 0 fully saturated rings. The van der Waals surface area contributed by atoms with Crippen molar-refractivity contribution >= 4 is 5.97 Å². The standard InChI is InChI=1S/C18H18O3/c1-2-3-8-21-15-5-7-17-14(11-15)10-13-9-12(18(19)20)4-6-16(13)17/h4-7,9,11H,2-3,8,10H2,1H3,(H,19,20). The summed E-state index contributed by atoms with van der Waals surface area (Å²) in [6.07, 6.45) is 2.95. The molecule has 0 radical (unpaired) electrons. The number of benzene rings is 2. The maximum atomic E-state index is 11.1. The molecule has 21 heavy (non-hydrogen) atoms. The lowest BCUT2D eigenvalue weighted by Crippen LogP contribution is -1.97. The highest BCUT2D eigenvalue weighted by Gasteiger charge is 2.20. The number of carbonyl (C=O) groups is 1. The smallest absolute Gasteiger partial charge is 0.335 e. The molecule has 3 heteroatoms. The highest BCUT2D eigenvalue weighted by Crippen LogP contribution is 2.38. The van der Waals surface area contributed by atoms with Crippen LogP contribution in [0.3, 0.4) is 0 Å². The van der Waals surface area contributed by atoms with Crippen LogP contribution >= 0.6 is 0 Å². The van der Waals surface area contributed by atoms with Gasteiger partial charge in [-0.1, -0.05) is 25.5 Å². The van der Waals surface area contributed by atoms with Crippen LogP contribution in [0.2, 0.25) is 0 Å². The van der Waals surface area contributed by atoms with E-state index in [0.717, 1.165) is 42.7 Å². The topological polar surface area (TPSA) is 46.5 Å². The molecule has 3 rings (SSSR count). The summed E-state index contributed by atoms with van der Waals surface area (Å²) in [6, 6.07) is 11.5. The van der Waals surface area contributed by atoms with Crippen molar-refractivity contribution in [2.75, 3.05) is 6.61 Å². The number of hydrogen-bond donors (Lipinski definition) is 1. The first-order valence-corrected chi connectivity index (χ1v) is 7.31. The van der Waals surface area contributed by atoms with Crippen LogP contribution in [0.25, 0.3) is 11.1 Å². The summed E-state index contributed by atoms with van der Waals surface area (Å²) in [5, 5.41) is 9.08. The Bertz CT molecular complexity index is 689. The van der Waals surface area contributed by atoms with E-state index in [2.05, 4.69) is 19.1 Å². The summed E-state index contributed by atoms with van der Waals surface area (Å²) in [7, 11) is 0. The van der Waals surface area contributed by atoms with Gasteiger partial charge in [0.15, 0.2) is 0 Å². The number of unbranched alkanes of at least 4 members (excludes halogenated alkanes) is 1. The van der Waals surface area contributed by atoms with Crippen LogP contribution < -0.4 is 4.74 Å². The van der Waals surface area contributed by atoms with Crippen molar-refractivity contribution in [3.05, 3.63) is 53.1 Å². The first kappa shape index (κ1) is 13.7. The van der Waals surface area contributed by atoms with E-state index in [1.807, 2.05) is 12.1 Å². The van der Waals surface area contributed by atoms with Crippen LogP contribution in [0, 0.1) is 0 Å². The fourth-order valence-electron chi connectivity index (χ4n) is 2.74. The zero-order chi connectivity index (χ0) is 14.8. The van der Waals surface area contributed by atoms with Crippen molar-refractivity contribution in [2.45, 2.75) is 26.2 Å². The summed E-state index contributed by atoms with van der Waals surface area (Å²) in [5.74, 6) is 0.0193. The lowest BCUT2D eigenvalue weighted by atomic mass is 10.0. The summed E-state index contributed by atoms with van der Waals surface area (Å²) in [5.41, 5.74) is 4.96. The third-order valence-electron chi connectivity index (χ3n) is 3.87. The van der Waals surface area contributed by atoms with Crippen LogP contribution in [-0.2, 0) is 6.42 Å². The van der Waals surface area contributed by atoms with Crippen molar-refractivity contribution in [3.63, 3.8) is 0 Å². The minimum atomic E-state index is -0.877. The molecule has 0 saturated heterocycles. The van der Waals surface area contributed by atoms with E-state index < -0.39 is 5.97 Å². The monoisotopic (exact) mass is 282 g/mol. The average molecular weight is 282 g/mol. The molecule has 1 aliphatic rings. The van der Waals surface area contributed by atoms with Crippen LogP contribution in [0.5, 0.6) is 5.75 Å². The molecule has 0 bridgehead atoms. The molecule has 1 N–H and O–H groups in total. The van der Waals surface area contributed by atoms with Crippen LogP contribution in [-0.4, -0.2) is 17.7 Å². The molecule has 0 atom stereocenters. The van der Waals surface area contributed by atoms with E-state index in [-0.39, 0.29) is 0 Å². The number of carboxylic acids is 1. The molecule has 2 aromatic rings. The van der Waals surface area contributed by atoms with Gasteiger partial charge in [0.1, 0.15) is 5.75 Å². The zero-order valence-corrected chi connectivity index (χ0v) is 12.1. The average Bonchev–Trinajstić information content (AvgIpc) is 2.84. The molecule has 0 aliphatic heterocycles. The first-order chi connectivity index (χ1) is 10.2. The molecule has 2 aromatic carbocycles. The number of aromatic carboxylic acids is 1. The molecular formula is C18H18O3. The Morgan fingerprint density at radius 3 is 2.57 bits per heavy atom. The molecule has 0 spiro atoms. The summed E-state index contributed by atoms with van der Waals surface area (Å²) in [6.45, 7) is 2.88. The highest BCUT2D eigenvalue weighted by molar-refractivity contribution is 5.90. The molecule has 0 amide bonds. The lowest BCUT2D eigenvalue weighted by Gasteiger charge is -2.07. The van der Waals surface area contributed by atoms with Gasteiger partial charge >= 0.3 is 5.97 Å². The van der Waals surface area contributed by atoms with Crippen molar-refractivity contribution in [3.8, 4) is 16.9 Å². The second-order valence-electron chi connectivity index (χ2n) is 5.37. The Balaban J connectivity index is 1.86. The summed E-state index contributed by atoms with van der Waals surface area (Å²) in [4.78, 5) is 11.1. The van der Waals surface area contributed by atoms with Gasteiger partial charge in [0.2, 0.25) is 0 Å². The Morgan fingerprint density at radius 2 is 1.86 bits per heavy atom. The third-order valence-corrected chi connectivity index (χ3v) is 3.87. The molecule has 0 unspecified atom stereocenters. The largest absolute Gasteiger partial charge is 0.494 e. The molecule has 0 aromatic heterocycles. The number of fused-ring (bicyclic) bond motifs is 3. The van der Waals surface area contributed by atoms with Gasteiger partial charge in [-0.2, -0.15) is 0 Å². The van der Waals surface area contributed by atoms with Gasteiger partial charge in [-0.3, -0.25) is 0 Å². The van der Waals surface area contributed by atoms with Crippen LogP contribution in [0.4, 0.5) is 0 Å². The number of carboxylic acid groups (broad SMARTS) is 1. The van der Waals surface area contributed by atoms with E-state index >= 15 is 0 Å². The third kappa shape index (κ3) is 2.64. The maximum absolute atomic E-state index is 11.1. The summed E-state index contributed by atoms with van der Waals surface area (Å²) >= 11 is 0. The van der Waals surface area contributed by atoms with Gasteiger partial charge in [-0.25, -0.2) is 4.79 Å². The maximum Gasteiger partial charge on any atom is 0.335 e. The molecular weight excluding hydrogens is 264 g/mol. The minimum Gasteiger partial charge on any atom is -0.494 e. The molecule has 0 saturated carbocycles. The molecule has 3 nitrogen and oxygen atoms in total. The second kappa shape index (κ2) is 5.60. The predicted octanol–water partition coefficient (Wildman–Crippen LogP) is 4.13. The number of rotatable bonds is 5.